The molecule has 1 aliphatic carbocycles. The molecular formula is C11H15N3O. The number of piperidine rings is 1. The van der Waals surface area contributed by atoms with E-state index >= 15 is 0 Å². The molecule has 2 heterocycles. The summed E-state index contributed by atoms with van der Waals surface area (Å²) in [6.45, 7) is 3.12. The van der Waals surface area contributed by atoms with Crippen molar-refractivity contribution in [1.82, 2.24) is 15.0 Å². The summed E-state index contributed by atoms with van der Waals surface area (Å²) in [6.07, 6.45) is 6.61. The van der Waals surface area contributed by atoms with E-state index in [0.29, 0.717) is 0 Å². The summed E-state index contributed by atoms with van der Waals surface area (Å²) >= 11 is 0. The maximum atomic E-state index is 4.73. The van der Waals surface area contributed by atoms with Gasteiger partial charge in [-0.1, -0.05) is 16.3 Å². The maximum Gasteiger partial charge on any atom is 0.213 e. The van der Waals surface area contributed by atoms with Crippen molar-refractivity contribution in [3.8, 4) is 0 Å². The maximum absolute atomic E-state index is 4.73. The minimum Gasteiger partial charge on any atom is -0.343 e. The highest BCUT2D eigenvalue weighted by molar-refractivity contribution is 5.26. The molecule has 3 rings (SSSR count). The van der Waals surface area contributed by atoms with E-state index in [-0.39, 0.29) is 0 Å². The van der Waals surface area contributed by atoms with Crippen molar-refractivity contribution in [3.63, 3.8) is 0 Å². The molecule has 0 spiro atoms. The van der Waals surface area contributed by atoms with Gasteiger partial charge in [0.1, 0.15) is 0 Å². The molecule has 0 N–H and O–H groups in total. The van der Waals surface area contributed by atoms with Crippen molar-refractivity contribution < 1.29 is 4.52 Å². The molecule has 2 fully saturated rings. The van der Waals surface area contributed by atoms with Crippen LogP contribution in [0.5, 0.6) is 0 Å². The molecule has 0 aromatic carbocycles. The Morgan fingerprint density at radius 2 is 1.87 bits per heavy atom. The predicted molar refractivity (Wildman–Crippen MR) is 55.1 cm³/mol. The van der Waals surface area contributed by atoms with Crippen LogP contribution in [0, 0.1) is 0 Å². The number of aromatic nitrogens is 2. The smallest absolute Gasteiger partial charge is 0.213 e. The van der Waals surface area contributed by atoms with Crippen molar-refractivity contribution in [3.05, 3.63) is 23.4 Å². The first-order chi connectivity index (χ1) is 7.42. The largest absolute Gasteiger partial charge is 0.343 e. The molecular weight excluding hydrogens is 190 g/mol. The number of allylic oxidation sites excluding steroid dienone is 1. The van der Waals surface area contributed by atoms with Crippen LogP contribution in [0.3, 0.4) is 0 Å². The zero-order valence-electron chi connectivity index (χ0n) is 8.78. The highest BCUT2D eigenvalue weighted by Gasteiger charge is 2.22. The first-order valence-corrected chi connectivity index (χ1v) is 5.59. The normalized spacial score (nSPS) is 22.1. The van der Waals surface area contributed by atoms with E-state index in [9.17, 15) is 0 Å². The number of hydrogen-bond acceptors (Lipinski definition) is 4. The Bertz CT molecular complexity index is 353. The lowest BCUT2D eigenvalue weighted by Crippen LogP contribution is -2.30. The lowest BCUT2D eigenvalue weighted by molar-refractivity contribution is 0.238. The molecule has 1 aliphatic heterocycles. The van der Waals surface area contributed by atoms with Crippen molar-refractivity contribution >= 4 is 0 Å². The topological polar surface area (TPSA) is 42.2 Å². The van der Waals surface area contributed by atoms with Crippen molar-refractivity contribution in [1.29, 1.82) is 0 Å². The molecule has 0 amide bonds. The number of nitrogens with zero attached hydrogens (tertiary/aromatic N) is 3. The van der Waals surface area contributed by atoms with Gasteiger partial charge < -0.3 is 4.52 Å². The van der Waals surface area contributed by atoms with Gasteiger partial charge in [-0.05, 0) is 25.7 Å². The van der Waals surface area contributed by atoms with Gasteiger partial charge in [-0.2, -0.15) is 4.98 Å². The highest BCUT2D eigenvalue weighted by atomic mass is 16.5. The monoisotopic (exact) mass is 205 g/mol. The average molecular weight is 205 g/mol. The van der Waals surface area contributed by atoms with Crippen LogP contribution in [-0.2, 0) is 6.54 Å². The molecule has 1 aromatic heterocycles. The number of hydrogen-bond donors (Lipinski definition) is 0. The van der Waals surface area contributed by atoms with Gasteiger partial charge in [-0.3, -0.25) is 4.90 Å². The van der Waals surface area contributed by atoms with Gasteiger partial charge in [0.25, 0.3) is 0 Å². The van der Waals surface area contributed by atoms with Crippen molar-refractivity contribution in [2.24, 2.45) is 0 Å². The fourth-order valence-corrected chi connectivity index (χ4v) is 2.21. The highest BCUT2D eigenvalue weighted by Crippen LogP contribution is 2.36. The summed E-state index contributed by atoms with van der Waals surface area (Å²) in [6, 6.07) is 0. The van der Waals surface area contributed by atoms with Crippen molar-refractivity contribution in [2.75, 3.05) is 13.1 Å². The van der Waals surface area contributed by atoms with Gasteiger partial charge in [0.2, 0.25) is 6.39 Å². The third-order valence-electron chi connectivity index (χ3n) is 3.23. The first kappa shape index (κ1) is 9.09. The zero-order chi connectivity index (χ0) is 10.1. The molecule has 4 nitrogen and oxygen atoms in total. The van der Waals surface area contributed by atoms with Gasteiger partial charge in [-0.25, -0.2) is 0 Å². The minimum absolute atomic E-state index is 0.803. The molecule has 0 bridgehead atoms. The van der Waals surface area contributed by atoms with E-state index in [1.807, 2.05) is 0 Å². The molecule has 4 heteroatoms. The second-order valence-corrected chi connectivity index (χ2v) is 4.33. The second-order valence-electron chi connectivity index (χ2n) is 4.33. The molecule has 1 saturated carbocycles. The molecule has 0 radical (unpaired) electrons. The molecule has 0 atom stereocenters. The zero-order valence-corrected chi connectivity index (χ0v) is 8.78. The van der Waals surface area contributed by atoms with Crippen LogP contribution in [0.15, 0.2) is 22.1 Å². The lowest BCUT2D eigenvalue weighted by atomic mass is 10.0. The summed E-state index contributed by atoms with van der Waals surface area (Å²) in [5.74, 6) is 0.803. The minimum atomic E-state index is 0.803. The third-order valence-corrected chi connectivity index (χ3v) is 3.23. The summed E-state index contributed by atoms with van der Waals surface area (Å²) in [4.78, 5) is 6.45. The molecule has 15 heavy (non-hydrogen) atoms. The van der Waals surface area contributed by atoms with E-state index in [1.54, 1.807) is 11.1 Å². The fourth-order valence-electron chi connectivity index (χ4n) is 2.21. The summed E-state index contributed by atoms with van der Waals surface area (Å²) in [7, 11) is 0. The molecule has 80 valence electrons. The Balaban J connectivity index is 1.56. The second kappa shape index (κ2) is 3.77. The molecule has 2 aliphatic rings. The number of rotatable bonds is 2. The van der Waals surface area contributed by atoms with Crippen LogP contribution in [0.4, 0.5) is 0 Å². The van der Waals surface area contributed by atoms with E-state index in [4.69, 9.17) is 4.52 Å². The first-order valence-electron chi connectivity index (χ1n) is 5.59. The quantitative estimate of drug-likeness (QED) is 0.690. The van der Waals surface area contributed by atoms with Crippen LogP contribution in [0.1, 0.15) is 31.5 Å². The van der Waals surface area contributed by atoms with E-state index < -0.39 is 0 Å². The Morgan fingerprint density at radius 1 is 1.13 bits per heavy atom. The van der Waals surface area contributed by atoms with Crippen LogP contribution in [0.25, 0.3) is 0 Å². The third kappa shape index (κ3) is 2.09. The predicted octanol–water partition coefficient (Wildman–Crippen LogP) is 1.76. The summed E-state index contributed by atoms with van der Waals surface area (Å²) in [5.41, 5.74) is 3.45. The summed E-state index contributed by atoms with van der Waals surface area (Å²) in [5, 5.41) is 3.84. The van der Waals surface area contributed by atoms with Gasteiger partial charge in [0.15, 0.2) is 5.82 Å². The molecule has 1 saturated heterocycles. The molecule has 1 aromatic rings. The standard InChI is InChI=1S/C11H15N3O/c1-2-9(1)10-3-5-14(6-4-10)7-11-12-8-15-13-11/h8H,1-7H2. The van der Waals surface area contributed by atoms with Crippen LogP contribution >= 0.6 is 0 Å². The van der Waals surface area contributed by atoms with Gasteiger partial charge in [0.05, 0.1) is 6.54 Å². The van der Waals surface area contributed by atoms with Gasteiger partial charge >= 0.3 is 0 Å². The molecule has 0 unspecified atom stereocenters. The lowest BCUT2D eigenvalue weighted by Gasteiger charge is -2.27. The Kier molecular flexibility index (Phi) is 2.29. The van der Waals surface area contributed by atoms with E-state index in [2.05, 4.69) is 15.0 Å². The fraction of sp³-hybridized carbons (Fsp3) is 0.636. The SMILES string of the molecule is c1nc(CN2CCC(=C3CC3)CC2)no1. The van der Waals surface area contributed by atoms with Gasteiger partial charge in [0, 0.05) is 13.1 Å². The van der Waals surface area contributed by atoms with E-state index in [1.165, 1.54) is 32.1 Å². The Morgan fingerprint density at radius 3 is 2.47 bits per heavy atom. The summed E-state index contributed by atoms with van der Waals surface area (Å²) < 4.78 is 4.73. The Labute approximate surface area is 89.0 Å². The van der Waals surface area contributed by atoms with Crippen LogP contribution in [0.2, 0.25) is 0 Å². The van der Waals surface area contributed by atoms with Gasteiger partial charge in [-0.15, -0.1) is 0 Å². The van der Waals surface area contributed by atoms with Crippen LogP contribution in [-0.4, -0.2) is 28.1 Å². The number of likely N-dealkylation sites (tertiary alicyclic amines) is 1. The van der Waals surface area contributed by atoms with Crippen molar-refractivity contribution in [2.45, 2.75) is 32.2 Å². The van der Waals surface area contributed by atoms with E-state index in [0.717, 1.165) is 25.5 Å². The Hall–Kier alpha value is -1.16. The average Bonchev–Trinajstić information content (AvgIpc) is 2.99. The van der Waals surface area contributed by atoms with Crippen LogP contribution < -0.4 is 0 Å².